The average molecular weight is 600 g/mol. The zero-order chi connectivity index (χ0) is 29.2. The molecule has 0 fully saturated rings. The molecule has 0 aliphatic carbocycles. The summed E-state index contributed by atoms with van der Waals surface area (Å²) in [5.41, 5.74) is -0.805. The SMILES string of the molecule is CCNC(=O)OS(=O)(=O)NCC(OC(C)C)c1ccc(OCCOC)cc1Oc1ncc(C(F)(F)F)cc1Cl. The van der Waals surface area contributed by atoms with Crippen LogP contribution < -0.4 is 19.5 Å². The number of amides is 1. The molecule has 39 heavy (non-hydrogen) atoms. The van der Waals surface area contributed by atoms with Crippen molar-refractivity contribution in [3.05, 3.63) is 46.6 Å². The zero-order valence-electron chi connectivity index (χ0n) is 21.5. The van der Waals surface area contributed by atoms with Crippen molar-refractivity contribution < 1.29 is 49.5 Å². The van der Waals surface area contributed by atoms with Gasteiger partial charge in [0.15, 0.2) is 0 Å². The van der Waals surface area contributed by atoms with Gasteiger partial charge in [-0.2, -0.15) is 26.3 Å². The molecular weight excluding hydrogens is 571 g/mol. The summed E-state index contributed by atoms with van der Waals surface area (Å²) in [5.74, 6) is -0.0331. The molecule has 1 heterocycles. The quantitative estimate of drug-likeness (QED) is 0.298. The van der Waals surface area contributed by atoms with Gasteiger partial charge < -0.3 is 28.4 Å². The topological polar surface area (TPSA) is 134 Å². The van der Waals surface area contributed by atoms with Gasteiger partial charge in [0.2, 0.25) is 5.88 Å². The molecule has 0 aliphatic rings. The molecule has 2 N–H and O–H groups in total. The van der Waals surface area contributed by atoms with E-state index >= 15 is 0 Å². The molecule has 1 unspecified atom stereocenters. The number of carbonyl (C=O) groups excluding carboxylic acids is 1. The van der Waals surface area contributed by atoms with E-state index in [1.807, 2.05) is 0 Å². The Morgan fingerprint density at radius 2 is 1.90 bits per heavy atom. The monoisotopic (exact) mass is 599 g/mol. The van der Waals surface area contributed by atoms with Crippen molar-refractivity contribution in [2.45, 2.75) is 39.2 Å². The first-order valence-corrected chi connectivity index (χ1v) is 13.3. The fourth-order valence-corrected chi connectivity index (χ4v) is 3.88. The van der Waals surface area contributed by atoms with Crippen LogP contribution in [0.5, 0.6) is 17.4 Å². The van der Waals surface area contributed by atoms with Crippen LogP contribution in [0.25, 0.3) is 0 Å². The number of aromatic nitrogens is 1. The minimum Gasteiger partial charge on any atom is -0.491 e. The lowest BCUT2D eigenvalue weighted by Gasteiger charge is -2.24. The summed E-state index contributed by atoms with van der Waals surface area (Å²) in [7, 11) is -3.03. The third-order valence-electron chi connectivity index (χ3n) is 4.62. The van der Waals surface area contributed by atoms with Gasteiger partial charge in [-0.1, -0.05) is 11.6 Å². The van der Waals surface area contributed by atoms with Crippen molar-refractivity contribution in [2.24, 2.45) is 0 Å². The van der Waals surface area contributed by atoms with Gasteiger partial charge in [-0.25, -0.2) is 9.78 Å². The van der Waals surface area contributed by atoms with Crippen molar-refractivity contribution in [2.75, 3.05) is 33.4 Å². The minimum atomic E-state index is -4.67. The van der Waals surface area contributed by atoms with Crippen LogP contribution in [-0.2, 0) is 30.1 Å². The lowest BCUT2D eigenvalue weighted by Crippen LogP contribution is -2.36. The Labute approximate surface area is 229 Å². The Morgan fingerprint density at radius 1 is 1.18 bits per heavy atom. The number of benzene rings is 1. The molecule has 0 spiro atoms. The number of nitrogens with one attached hydrogen (secondary N) is 2. The minimum absolute atomic E-state index is 0.00793. The second-order valence-corrected chi connectivity index (χ2v) is 9.80. The van der Waals surface area contributed by atoms with E-state index in [9.17, 15) is 26.4 Å². The van der Waals surface area contributed by atoms with Gasteiger partial charge in [-0.3, -0.25) is 0 Å². The molecule has 1 atom stereocenters. The number of ether oxygens (including phenoxy) is 4. The highest BCUT2D eigenvalue weighted by molar-refractivity contribution is 7.85. The normalized spacial score (nSPS) is 12.7. The van der Waals surface area contributed by atoms with E-state index in [2.05, 4.69) is 19.2 Å². The average Bonchev–Trinajstić information content (AvgIpc) is 2.82. The number of pyridine rings is 1. The summed E-state index contributed by atoms with van der Waals surface area (Å²) < 4.78 is 92.3. The van der Waals surface area contributed by atoms with Gasteiger partial charge in [0.25, 0.3) is 0 Å². The third-order valence-corrected chi connectivity index (χ3v) is 5.78. The highest BCUT2D eigenvalue weighted by atomic mass is 35.5. The standard InChI is InChI=1S/C23H29ClF3N3O8S/c1-5-28-22(31)38-39(32,33)30-13-20(36-14(2)3)17-7-6-16(35-9-8-34-4)11-19(17)37-21-18(24)10-15(12-29-21)23(25,26)27/h6-7,10-12,14,20,30H,5,8-9,13H2,1-4H3,(H,28,31). The van der Waals surface area contributed by atoms with E-state index in [0.29, 0.717) is 18.0 Å². The number of alkyl halides is 3. The zero-order valence-corrected chi connectivity index (χ0v) is 23.1. The fourth-order valence-electron chi connectivity index (χ4n) is 3.00. The van der Waals surface area contributed by atoms with E-state index in [-0.39, 0.29) is 37.0 Å². The predicted molar refractivity (Wildman–Crippen MR) is 134 cm³/mol. The van der Waals surface area contributed by atoms with Crippen LogP contribution in [0.3, 0.4) is 0 Å². The molecule has 2 aromatic rings. The maximum Gasteiger partial charge on any atom is 0.423 e. The van der Waals surface area contributed by atoms with Crippen LogP contribution in [0.4, 0.5) is 18.0 Å². The van der Waals surface area contributed by atoms with Crippen LogP contribution in [0.2, 0.25) is 5.02 Å². The largest absolute Gasteiger partial charge is 0.491 e. The van der Waals surface area contributed by atoms with Gasteiger partial charge >= 0.3 is 22.6 Å². The summed E-state index contributed by atoms with van der Waals surface area (Å²) in [6, 6.07) is 5.14. The van der Waals surface area contributed by atoms with Gasteiger partial charge in [0, 0.05) is 38.0 Å². The van der Waals surface area contributed by atoms with Crippen molar-refractivity contribution in [3.63, 3.8) is 0 Å². The molecule has 1 aromatic carbocycles. The van der Waals surface area contributed by atoms with E-state index in [4.69, 9.17) is 30.5 Å². The summed E-state index contributed by atoms with van der Waals surface area (Å²) >= 11 is 6.03. The number of methoxy groups -OCH3 is 1. The first kappa shape index (κ1) is 32.4. The highest BCUT2D eigenvalue weighted by Crippen LogP contribution is 2.38. The molecule has 1 amide bonds. The first-order chi connectivity index (χ1) is 18.3. The number of hydrogen-bond donors (Lipinski definition) is 2. The van der Waals surface area contributed by atoms with E-state index in [1.165, 1.54) is 19.2 Å². The second kappa shape index (κ2) is 14.5. The Kier molecular flexibility index (Phi) is 12.0. The smallest absolute Gasteiger partial charge is 0.423 e. The predicted octanol–water partition coefficient (Wildman–Crippen LogP) is 4.62. The van der Waals surface area contributed by atoms with Crippen molar-refractivity contribution in [1.29, 1.82) is 0 Å². The summed E-state index contributed by atoms with van der Waals surface area (Å²) in [6.07, 6.45) is -6.71. The molecule has 16 heteroatoms. The van der Waals surface area contributed by atoms with Crippen LogP contribution in [0, 0.1) is 0 Å². The second-order valence-electron chi connectivity index (χ2n) is 8.03. The molecule has 0 saturated carbocycles. The summed E-state index contributed by atoms with van der Waals surface area (Å²) in [4.78, 5) is 15.2. The number of carbonyl (C=O) groups is 1. The molecule has 0 radical (unpaired) electrons. The summed E-state index contributed by atoms with van der Waals surface area (Å²) in [5, 5.41) is 1.77. The van der Waals surface area contributed by atoms with Crippen molar-refractivity contribution in [1.82, 2.24) is 15.0 Å². The number of nitrogens with zero attached hydrogens (tertiary/aromatic N) is 1. The molecule has 218 valence electrons. The lowest BCUT2D eigenvalue weighted by molar-refractivity contribution is -0.137. The molecule has 11 nitrogen and oxygen atoms in total. The van der Waals surface area contributed by atoms with Crippen LogP contribution in [0.15, 0.2) is 30.5 Å². The number of rotatable bonds is 14. The molecular formula is C23H29ClF3N3O8S. The van der Waals surface area contributed by atoms with Crippen LogP contribution >= 0.6 is 11.6 Å². The third kappa shape index (κ3) is 10.7. The Balaban J connectivity index is 2.43. The molecule has 2 rings (SSSR count). The number of halogens is 4. The molecule has 0 bridgehead atoms. The maximum atomic E-state index is 13.0. The van der Waals surface area contributed by atoms with E-state index < -0.39 is 51.9 Å². The van der Waals surface area contributed by atoms with Crippen LogP contribution in [0.1, 0.15) is 38.0 Å². The van der Waals surface area contributed by atoms with Crippen molar-refractivity contribution >= 4 is 28.0 Å². The van der Waals surface area contributed by atoms with Crippen LogP contribution in [-0.4, -0.2) is 59.0 Å². The van der Waals surface area contributed by atoms with Gasteiger partial charge in [-0.05, 0) is 39.0 Å². The Bertz CT molecular complexity index is 1220. The van der Waals surface area contributed by atoms with Gasteiger partial charge in [0.05, 0.1) is 18.3 Å². The molecule has 1 aromatic heterocycles. The molecule has 0 aliphatic heterocycles. The van der Waals surface area contributed by atoms with Crippen molar-refractivity contribution in [3.8, 4) is 17.4 Å². The summed E-state index contributed by atoms with van der Waals surface area (Å²) in [6.45, 7) is 5.17. The maximum absolute atomic E-state index is 13.0. The van der Waals surface area contributed by atoms with Gasteiger partial charge in [0.1, 0.15) is 29.2 Å². The van der Waals surface area contributed by atoms with E-state index in [0.717, 1.165) is 0 Å². The molecule has 0 saturated heterocycles. The number of hydrogen-bond acceptors (Lipinski definition) is 9. The van der Waals surface area contributed by atoms with Gasteiger partial charge in [-0.15, -0.1) is 0 Å². The fraction of sp³-hybridized carbons (Fsp3) is 0.478. The Morgan fingerprint density at radius 3 is 2.49 bits per heavy atom. The van der Waals surface area contributed by atoms with E-state index in [1.54, 1.807) is 26.8 Å². The Hall–Kier alpha value is -2.85. The first-order valence-electron chi connectivity index (χ1n) is 11.5. The highest BCUT2D eigenvalue weighted by Gasteiger charge is 2.32. The lowest BCUT2D eigenvalue weighted by atomic mass is 10.1.